The van der Waals surface area contributed by atoms with Crippen molar-refractivity contribution >= 4 is 17.5 Å². The van der Waals surface area contributed by atoms with E-state index in [2.05, 4.69) is 22.1 Å². The lowest BCUT2D eigenvalue weighted by molar-refractivity contribution is -0.120. The van der Waals surface area contributed by atoms with Gasteiger partial charge in [0, 0.05) is 18.5 Å². The van der Waals surface area contributed by atoms with Crippen LogP contribution < -0.4 is 10.1 Å². The van der Waals surface area contributed by atoms with Crippen molar-refractivity contribution in [1.29, 1.82) is 0 Å². The molecule has 0 aromatic carbocycles. The first-order chi connectivity index (χ1) is 8.33. The maximum Gasteiger partial charge on any atom is 0.221 e. The number of aromatic nitrogens is 1. The zero-order valence-corrected chi connectivity index (χ0v) is 10.0. The van der Waals surface area contributed by atoms with Gasteiger partial charge >= 0.3 is 0 Å². The molecule has 0 fully saturated rings. The van der Waals surface area contributed by atoms with E-state index in [1.54, 1.807) is 24.5 Å². The number of ether oxygens (including phenoxy) is 1. The van der Waals surface area contributed by atoms with Crippen LogP contribution in [0.25, 0.3) is 0 Å². The fourth-order valence-electron chi connectivity index (χ4n) is 0.982. The number of rotatable bonds is 5. The highest BCUT2D eigenvalue weighted by Gasteiger charge is 1.95. The van der Waals surface area contributed by atoms with Crippen LogP contribution in [0.1, 0.15) is 6.42 Å². The molecule has 0 aliphatic heterocycles. The number of amides is 1. The van der Waals surface area contributed by atoms with E-state index in [9.17, 15) is 4.79 Å². The lowest BCUT2D eigenvalue weighted by atomic mass is 10.4. The van der Waals surface area contributed by atoms with Crippen LogP contribution in [0.5, 0.6) is 5.75 Å². The van der Waals surface area contributed by atoms with Crippen LogP contribution >= 0.6 is 11.6 Å². The zero-order chi connectivity index (χ0) is 12.3. The van der Waals surface area contributed by atoms with Crippen LogP contribution in [0.4, 0.5) is 0 Å². The van der Waals surface area contributed by atoms with Gasteiger partial charge in [-0.05, 0) is 12.1 Å². The summed E-state index contributed by atoms with van der Waals surface area (Å²) in [5.41, 5.74) is 0. The average molecular weight is 253 g/mol. The molecule has 0 spiro atoms. The van der Waals surface area contributed by atoms with Crippen molar-refractivity contribution in [3.05, 3.63) is 24.5 Å². The average Bonchev–Trinajstić information content (AvgIpc) is 2.35. The molecule has 0 saturated carbocycles. The molecule has 0 radical (unpaired) electrons. The SMILES string of the molecule is O=C(CCCl)NCC#CCOc1cccnc1. The number of nitrogens with one attached hydrogen (secondary N) is 1. The van der Waals surface area contributed by atoms with Gasteiger partial charge in [0.2, 0.25) is 5.91 Å². The van der Waals surface area contributed by atoms with Crippen LogP contribution in [0, 0.1) is 11.8 Å². The van der Waals surface area contributed by atoms with Gasteiger partial charge in [0.05, 0.1) is 12.7 Å². The minimum Gasteiger partial charge on any atom is -0.479 e. The quantitative estimate of drug-likeness (QED) is 0.633. The third-order valence-electron chi connectivity index (χ3n) is 1.77. The van der Waals surface area contributed by atoms with E-state index in [-0.39, 0.29) is 12.5 Å². The van der Waals surface area contributed by atoms with Crippen molar-refractivity contribution in [2.45, 2.75) is 6.42 Å². The number of halogens is 1. The first-order valence-corrected chi connectivity index (χ1v) is 5.67. The van der Waals surface area contributed by atoms with E-state index in [4.69, 9.17) is 16.3 Å². The second-order valence-electron chi connectivity index (χ2n) is 3.05. The van der Waals surface area contributed by atoms with Crippen LogP contribution in [-0.4, -0.2) is 29.9 Å². The lowest BCUT2D eigenvalue weighted by Gasteiger charge is -1.99. The minimum atomic E-state index is -0.0949. The Balaban J connectivity index is 2.13. The first kappa shape index (κ1) is 13.3. The zero-order valence-electron chi connectivity index (χ0n) is 9.28. The Morgan fingerprint density at radius 2 is 2.41 bits per heavy atom. The molecule has 1 N–H and O–H groups in total. The topological polar surface area (TPSA) is 51.2 Å². The van der Waals surface area contributed by atoms with E-state index in [1.165, 1.54) is 0 Å². The number of carbonyl (C=O) groups is 1. The fourth-order valence-corrected chi connectivity index (χ4v) is 1.15. The van der Waals surface area contributed by atoms with Gasteiger partial charge in [0.25, 0.3) is 0 Å². The van der Waals surface area contributed by atoms with Gasteiger partial charge in [-0.25, -0.2) is 0 Å². The highest BCUT2D eigenvalue weighted by atomic mass is 35.5. The third-order valence-corrected chi connectivity index (χ3v) is 1.95. The first-order valence-electron chi connectivity index (χ1n) is 5.14. The maximum atomic E-state index is 11.0. The number of alkyl halides is 1. The lowest BCUT2D eigenvalue weighted by Crippen LogP contribution is -2.23. The summed E-state index contributed by atoms with van der Waals surface area (Å²) in [4.78, 5) is 14.9. The van der Waals surface area contributed by atoms with Crippen molar-refractivity contribution < 1.29 is 9.53 Å². The monoisotopic (exact) mass is 252 g/mol. The summed E-state index contributed by atoms with van der Waals surface area (Å²) >= 11 is 5.40. The van der Waals surface area contributed by atoms with E-state index in [1.807, 2.05) is 0 Å². The molecule has 0 aliphatic carbocycles. The van der Waals surface area contributed by atoms with E-state index in [0.717, 1.165) is 0 Å². The van der Waals surface area contributed by atoms with Crippen molar-refractivity contribution in [2.24, 2.45) is 0 Å². The molecule has 1 amide bonds. The molecule has 17 heavy (non-hydrogen) atoms. The maximum absolute atomic E-state index is 11.0. The predicted molar refractivity (Wildman–Crippen MR) is 65.9 cm³/mol. The van der Waals surface area contributed by atoms with E-state index < -0.39 is 0 Å². The molecule has 0 saturated heterocycles. The van der Waals surface area contributed by atoms with Crippen molar-refractivity contribution in [2.75, 3.05) is 19.0 Å². The van der Waals surface area contributed by atoms with Crippen molar-refractivity contribution in [3.63, 3.8) is 0 Å². The largest absolute Gasteiger partial charge is 0.479 e. The Kier molecular flexibility index (Phi) is 6.61. The van der Waals surface area contributed by atoms with Crippen molar-refractivity contribution in [3.8, 4) is 17.6 Å². The van der Waals surface area contributed by atoms with Gasteiger partial charge in [-0.15, -0.1) is 11.6 Å². The third kappa shape index (κ3) is 6.44. The molecule has 1 rings (SSSR count). The summed E-state index contributed by atoms with van der Waals surface area (Å²) in [6, 6.07) is 3.59. The number of nitrogens with zero attached hydrogens (tertiary/aromatic N) is 1. The molecular weight excluding hydrogens is 240 g/mol. The van der Waals surface area contributed by atoms with Crippen molar-refractivity contribution in [1.82, 2.24) is 10.3 Å². The summed E-state index contributed by atoms with van der Waals surface area (Å²) in [5, 5.41) is 2.62. The standard InChI is InChI=1S/C12H13ClN2O2/c13-6-5-12(16)15-8-1-2-9-17-11-4-3-7-14-10-11/h3-4,7,10H,5-6,8-9H2,(H,15,16). The summed E-state index contributed by atoms with van der Waals surface area (Å²) in [6.07, 6.45) is 3.60. The molecule has 1 aromatic rings. The molecule has 1 aromatic heterocycles. The normalized spacial score (nSPS) is 9.00. The van der Waals surface area contributed by atoms with Gasteiger partial charge < -0.3 is 10.1 Å². The minimum absolute atomic E-state index is 0.0949. The highest BCUT2D eigenvalue weighted by molar-refractivity contribution is 6.18. The number of pyridine rings is 1. The molecule has 90 valence electrons. The smallest absolute Gasteiger partial charge is 0.221 e. The van der Waals surface area contributed by atoms with Gasteiger partial charge in [-0.3, -0.25) is 9.78 Å². The number of hydrogen-bond acceptors (Lipinski definition) is 3. The van der Waals surface area contributed by atoms with Crippen LogP contribution in [0.15, 0.2) is 24.5 Å². The molecule has 0 bridgehead atoms. The fraction of sp³-hybridized carbons (Fsp3) is 0.333. The molecule has 4 nitrogen and oxygen atoms in total. The summed E-state index contributed by atoms with van der Waals surface area (Å²) in [7, 11) is 0. The molecule has 0 aliphatic rings. The van der Waals surface area contributed by atoms with Gasteiger partial charge in [-0.1, -0.05) is 11.8 Å². The second-order valence-corrected chi connectivity index (χ2v) is 3.42. The second kappa shape index (κ2) is 8.43. The molecule has 1 heterocycles. The van der Waals surface area contributed by atoms with Gasteiger partial charge in [0.1, 0.15) is 12.4 Å². The highest BCUT2D eigenvalue weighted by Crippen LogP contribution is 2.04. The van der Waals surface area contributed by atoms with E-state index >= 15 is 0 Å². The van der Waals surface area contributed by atoms with Gasteiger partial charge in [-0.2, -0.15) is 0 Å². The Morgan fingerprint density at radius 1 is 1.53 bits per heavy atom. The number of hydrogen-bond donors (Lipinski definition) is 1. The Labute approximate surface area is 105 Å². The van der Waals surface area contributed by atoms with Crippen LogP contribution in [0.2, 0.25) is 0 Å². The van der Waals surface area contributed by atoms with Crippen LogP contribution in [0.3, 0.4) is 0 Å². The van der Waals surface area contributed by atoms with Gasteiger partial charge in [0.15, 0.2) is 0 Å². The van der Waals surface area contributed by atoms with E-state index in [0.29, 0.717) is 24.6 Å². The molecule has 5 heteroatoms. The number of carbonyl (C=O) groups excluding carboxylic acids is 1. The Bertz CT molecular complexity index is 398. The molecule has 0 atom stereocenters. The summed E-state index contributed by atoms with van der Waals surface area (Å²) in [5.74, 6) is 6.46. The summed E-state index contributed by atoms with van der Waals surface area (Å²) < 4.78 is 5.29. The van der Waals surface area contributed by atoms with Crippen LogP contribution in [-0.2, 0) is 4.79 Å². The Morgan fingerprint density at radius 3 is 3.12 bits per heavy atom. The molecular formula is C12H13ClN2O2. The Hall–Kier alpha value is -1.73. The predicted octanol–water partition coefficient (Wildman–Crippen LogP) is 1.21. The summed E-state index contributed by atoms with van der Waals surface area (Å²) in [6.45, 7) is 0.586. The molecule has 0 unspecified atom stereocenters.